The summed E-state index contributed by atoms with van der Waals surface area (Å²) in [6.45, 7) is 9.11. The lowest BCUT2D eigenvalue weighted by atomic mass is 9.54. The van der Waals surface area contributed by atoms with Crippen molar-refractivity contribution < 1.29 is 64.2 Å². The quantitative estimate of drug-likeness (QED) is 0.0855. The first-order chi connectivity index (χ1) is 26.9. The smallest absolute Gasteiger partial charge is 0.328 e. The van der Waals surface area contributed by atoms with Crippen molar-refractivity contribution >= 4 is 58.8 Å². The molecule has 320 valence electrons. The number of aliphatic hydroxyl groups excluding tert-OH is 2. The first kappa shape index (κ1) is 47.6. The van der Waals surface area contributed by atoms with E-state index in [1.165, 1.54) is 44.1 Å². The summed E-state index contributed by atoms with van der Waals surface area (Å²) in [5.41, 5.74) is 3.60. The monoisotopic (exact) mass is 833 g/mol. The average Bonchev–Trinajstić information content (AvgIpc) is 3.12. The maximum atomic E-state index is 13.7. The van der Waals surface area contributed by atoms with Crippen LogP contribution in [0.15, 0.2) is 35.1 Å². The second kappa shape index (κ2) is 18.4. The van der Waals surface area contributed by atoms with Gasteiger partial charge in [-0.25, -0.2) is 4.79 Å². The molecule has 2 fully saturated rings. The Balaban J connectivity index is 0.000000287. The van der Waals surface area contributed by atoms with E-state index in [-0.39, 0.29) is 23.5 Å². The molecule has 4 aliphatic rings. The highest BCUT2D eigenvalue weighted by molar-refractivity contribution is 7.99. The number of likely N-dealkylation sites (N-methyl/N-ethyl adjacent to an activating group) is 1. The Bertz CT molecular complexity index is 1890. The van der Waals surface area contributed by atoms with Gasteiger partial charge in [0.2, 0.25) is 17.6 Å². The number of nitrogens with zero attached hydrogens (tertiary/aromatic N) is 1. The highest BCUT2D eigenvalue weighted by Crippen LogP contribution is 2.57. The van der Waals surface area contributed by atoms with Crippen LogP contribution in [-0.2, 0) is 34.4 Å². The molecule has 18 nitrogen and oxygen atoms in total. The summed E-state index contributed by atoms with van der Waals surface area (Å²) < 4.78 is 0. The Morgan fingerprint density at radius 2 is 1.59 bits per heavy atom. The molecule has 1 saturated heterocycles. The number of aliphatic hydroxyl groups is 4. The van der Waals surface area contributed by atoms with Crippen molar-refractivity contribution in [3.05, 3.63) is 46.2 Å². The predicted octanol–water partition coefficient (Wildman–Crippen LogP) is 1.36. The molecule has 1 aromatic carbocycles. The number of urea groups is 1. The van der Waals surface area contributed by atoms with Gasteiger partial charge in [0.25, 0.3) is 5.91 Å². The summed E-state index contributed by atoms with van der Waals surface area (Å²) in [5, 5.41) is 67.6. The number of fused-ring (bicyclic) bond motifs is 3. The Morgan fingerprint density at radius 3 is 2.07 bits per heavy atom. The van der Waals surface area contributed by atoms with Gasteiger partial charge in [0.15, 0.2) is 11.4 Å². The van der Waals surface area contributed by atoms with E-state index < -0.39 is 110 Å². The van der Waals surface area contributed by atoms with Crippen LogP contribution in [0.2, 0.25) is 0 Å². The molecule has 3 aliphatic carbocycles. The van der Waals surface area contributed by atoms with Gasteiger partial charge >= 0.3 is 12.0 Å². The van der Waals surface area contributed by atoms with Gasteiger partial charge in [0, 0.05) is 17.4 Å². The number of phenolic OH excluding ortho intramolecular Hbond substituents is 1. The Morgan fingerprint density at radius 1 is 1.00 bits per heavy atom. The number of hydrogen-bond acceptors (Lipinski definition) is 15. The number of rotatable bonds is 11. The molecule has 5 rings (SSSR count). The SMILES string of the molecule is CCCC(C)C1(CC)C(=O)NC(=O)NC1=O.CCSCC[C@H](N)C(=O)O.CN(C)[C@@H]1C(=O)C(C(N)=O)=C(O)[C@@]2(O)C(=O)C3=C(O)c4c(O)cccc4[C@@](C)(O)[C@H]3C[C@@H]12. The molecule has 19 heteroatoms. The molecule has 1 aliphatic heterocycles. The van der Waals surface area contributed by atoms with Crippen LogP contribution in [-0.4, -0.2) is 120 Å². The Kier molecular flexibility index (Phi) is 15.1. The number of carboxylic acids is 1. The number of aliphatic carboxylic acids is 1. The molecule has 0 radical (unpaired) electrons. The van der Waals surface area contributed by atoms with E-state index in [4.69, 9.17) is 16.6 Å². The van der Waals surface area contributed by atoms with Gasteiger partial charge in [0.1, 0.15) is 34.3 Å². The molecule has 58 heavy (non-hydrogen) atoms. The van der Waals surface area contributed by atoms with E-state index in [2.05, 4.69) is 10.6 Å². The van der Waals surface area contributed by atoms with Crippen LogP contribution in [0.1, 0.15) is 77.8 Å². The number of imide groups is 2. The van der Waals surface area contributed by atoms with Gasteiger partial charge < -0.3 is 42.1 Å². The van der Waals surface area contributed by atoms with Gasteiger partial charge in [-0.1, -0.05) is 46.2 Å². The lowest BCUT2D eigenvalue weighted by molar-refractivity contribution is -0.159. The molecule has 0 aromatic heterocycles. The van der Waals surface area contributed by atoms with Crippen LogP contribution in [0.3, 0.4) is 0 Å². The van der Waals surface area contributed by atoms with E-state index in [9.17, 15) is 59.1 Å². The fourth-order valence-electron chi connectivity index (χ4n) is 8.34. The number of phenols is 1. The standard InChI is InChI=1S/C22H24N2O8.C11H18N2O3.C6H13NO2S/c1-21(31)8-5-4-6-11(25)12(8)16(26)13-9(21)7-10-15(24(2)3)17(27)14(20(23)30)19(29)22(10,32)18(13)28;1-4-6-7(3)11(5-2)8(14)12-10(16)13-9(11)15;1-2-10-4-3-5(7)6(8)9/h4-6,9-10,15,25-26,29,31-32H,7H2,1-3H3,(H2,23,30);7H,4-6H2,1-3H3,(H2,12,13,14,15,16);5H,2-4,7H2,1H3,(H,8,9)/t9-,10-,15-,21+,22-;;5-/m0.0/s1. The van der Waals surface area contributed by atoms with Crippen LogP contribution < -0.4 is 22.1 Å². The molecule has 12 N–H and O–H groups in total. The molecule has 5 amide bonds. The van der Waals surface area contributed by atoms with Crippen molar-refractivity contribution in [2.75, 3.05) is 25.6 Å². The van der Waals surface area contributed by atoms with Gasteiger partial charge in [-0.05, 0) is 75.8 Å². The molecule has 0 bridgehead atoms. The summed E-state index contributed by atoms with van der Waals surface area (Å²) >= 11 is 1.71. The second-order valence-electron chi connectivity index (χ2n) is 15.1. The normalized spacial score (nSPS) is 27.1. The van der Waals surface area contributed by atoms with Crippen LogP contribution >= 0.6 is 11.8 Å². The minimum Gasteiger partial charge on any atom is -0.508 e. The van der Waals surface area contributed by atoms with E-state index in [1.54, 1.807) is 18.7 Å². The van der Waals surface area contributed by atoms with Crippen molar-refractivity contribution in [2.24, 2.45) is 34.6 Å². The zero-order chi connectivity index (χ0) is 44.2. The highest BCUT2D eigenvalue weighted by atomic mass is 32.2. The van der Waals surface area contributed by atoms with Crippen molar-refractivity contribution in [3.63, 3.8) is 0 Å². The highest BCUT2D eigenvalue weighted by Gasteiger charge is 2.66. The number of hydrogen-bond donors (Lipinski definition) is 10. The first-order valence-corrected chi connectivity index (χ1v) is 20.0. The van der Waals surface area contributed by atoms with Gasteiger partial charge in [-0.2, -0.15) is 11.8 Å². The van der Waals surface area contributed by atoms with E-state index >= 15 is 0 Å². The maximum absolute atomic E-state index is 13.7. The number of thioether (sulfide) groups is 1. The Hall–Kier alpha value is -4.82. The topological polar surface area (TPSA) is 320 Å². The predicted molar refractivity (Wildman–Crippen MR) is 212 cm³/mol. The van der Waals surface area contributed by atoms with Crippen LogP contribution in [0.5, 0.6) is 5.75 Å². The summed E-state index contributed by atoms with van der Waals surface area (Å²) in [7, 11) is 3.01. The number of barbiturate groups is 1. The third kappa shape index (κ3) is 8.36. The van der Waals surface area contributed by atoms with Crippen LogP contribution in [0, 0.1) is 23.2 Å². The zero-order valence-electron chi connectivity index (χ0n) is 33.6. The zero-order valence-corrected chi connectivity index (χ0v) is 34.4. The fourth-order valence-corrected chi connectivity index (χ4v) is 9.05. The number of benzene rings is 1. The number of carbonyl (C=O) groups is 7. The minimum absolute atomic E-state index is 0.0735. The average molecular weight is 834 g/mol. The number of nitrogens with one attached hydrogen (secondary N) is 2. The summed E-state index contributed by atoms with van der Waals surface area (Å²) in [6, 6.07) is 1.61. The number of amides is 5. The summed E-state index contributed by atoms with van der Waals surface area (Å²) in [6.07, 6.45) is 2.45. The third-order valence-electron chi connectivity index (χ3n) is 11.5. The van der Waals surface area contributed by atoms with Crippen molar-refractivity contribution in [1.29, 1.82) is 0 Å². The molecule has 1 saturated carbocycles. The van der Waals surface area contributed by atoms with Crippen LogP contribution in [0.4, 0.5) is 4.79 Å². The van der Waals surface area contributed by atoms with E-state index in [0.717, 1.165) is 24.3 Å². The maximum Gasteiger partial charge on any atom is 0.328 e. The van der Waals surface area contributed by atoms with E-state index in [0.29, 0.717) is 12.8 Å². The summed E-state index contributed by atoms with van der Waals surface area (Å²) in [4.78, 5) is 84.9. The van der Waals surface area contributed by atoms with Gasteiger partial charge in [0.05, 0.1) is 17.2 Å². The number of aromatic hydroxyl groups is 1. The molecule has 0 spiro atoms. The molecular weight excluding hydrogens is 779 g/mol. The van der Waals surface area contributed by atoms with Gasteiger partial charge in [-0.15, -0.1) is 0 Å². The van der Waals surface area contributed by atoms with Crippen molar-refractivity contribution in [2.45, 2.75) is 90.0 Å². The lowest BCUT2D eigenvalue weighted by Crippen LogP contribution is -2.67. The van der Waals surface area contributed by atoms with E-state index in [1.807, 2.05) is 20.8 Å². The van der Waals surface area contributed by atoms with Gasteiger partial charge in [-0.3, -0.25) is 44.3 Å². The number of ketones is 2. The molecule has 1 heterocycles. The first-order valence-electron chi connectivity index (χ1n) is 18.9. The fraction of sp³-hybridized carbons (Fsp3) is 0.564. The minimum atomic E-state index is -2.75. The number of carbonyl (C=O) groups excluding carboxylic acids is 6. The number of Topliss-reactive ketones (excluding diaryl/α,β-unsaturated/α-hetero) is 2. The number of nitrogens with two attached hydrogens (primary N) is 2. The van der Waals surface area contributed by atoms with Crippen molar-refractivity contribution in [3.8, 4) is 5.75 Å². The largest absolute Gasteiger partial charge is 0.508 e. The third-order valence-corrected chi connectivity index (χ3v) is 12.4. The molecular formula is C39H55N5O13S. The number of carboxylic acid groups (broad SMARTS) is 1. The molecule has 1 aromatic rings. The summed E-state index contributed by atoms with van der Waals surface area (Å²) in [5.74, 6) is -7.96. The Labute approximate surface area is 340 Å². The van der Waals surface area contributed by atoms with Crippen molar-refractivity contribution in [1.82, 2.24) is 15.5 Å². The van der Waals surface area contributed by atoms with Crippen LogP contribution in [0.25, 0.3) is 5.76 Å². The molecule has 7 atom stereocenters. The number of primary amides is 1. The second-order valence-corrected chi connectivity index (χ2v) is 16.5. The lowest BCUT2D eigenvalue weighted by Gasteiger charge is -2.53. The molecule has 1 unspecified atom stereocenters.